The Morgan fingerprint density at radius 2 is 1.89 bits per heavy atom. The Kier molecular flexibility index (Phi) is 3.27. The Balaban J connectivity index is 2.84. The highest BCUT2D eigenvalue weighted by molar-refractivity contribution is 6.58. The van der Waals surface area contributed by atoms with Gasteiger partial charge >= 0.3 is 7.12 Å². The van der Waals surface area contributed by atoms with Crippen LogP contribution < -0.4 is 5.46 Å². The van der Waals surface area contributed by atoms with E-state index in [1.807, 2.05) is 0 Å². The molecule has 3 nitrogen and oxygen atoms in total. The quantitative estimate of drug-likeness (QED) is 0.795. The van der Waals surface area contributed by atoms with Crippen molar-refractivity contribution < 1.29 is 23.2 Å². The lowest BCUT2D eigenvalue weighted by Crippen LogP contribution is -2.30. The molecule has 1 aromatic carbocycles. The van der Waals surface area contributed by atoms with Gasteiger partial charge in [0.05, 0.1) is 0 Å². The van der Waals surface area contributed by atoms with Crippen molar-refractivity contribution in [2.24, 2.45) is 0 Å². The first-order chi connectivity index (χ1) is 8.40. The molecule has 2 rings (SSSR count). The van der Waals surface area contributed by atoms with Crippen molar-refractivity contribution in [3.63, 3.8) is 0 Å². The highest BCUT2D eigenvalue weighted by Gasteiger charge is 2.20. The summed E-state index contributed by atoms with van der Waals surface area (Å²) >= 11 is 0. The van der Waals surface area contributed by atoms with Crippen LogP contribution in [0.3, 0.4) is 0 Å². The fourth-order valence-electron chi connectivity index (χ4n) is 1.79. The summed E-state index contributed by atoms with van der Waals surface area (Å²) in [7, 11) is -1.92. The molecule has 94 valence electrons. The van der Waals surface area contributed by atoms with Crippen molar-refractivity contribution in [2.45, 2.75) is 13.3 Å². The van der Waals surface area contributed by atoms with Gasteiger partial charge in [-0.15, -0.1) is 0 Å². The molecule has 1 aromatic heterocycles. The second-order valence-electron chi connectivity index (χ2n) is 3.93. The SMILES string of the molecule is Cc1cc(C(F)F)c2cc(B(O)O)cc(F)c2n1. The van der Waals surface area contributed by atoms with Crippen LogP contribution in [0, 0.1) is 12.7 Å². The minimum atomic E-state index is -2.79. The topological polar surface area (TPSA) is 53.4 Å². The lowest BCUT2D eigenvalue weighted by atomic mass is 9.79. The van der Waals surface area contributed by atoms with E-state index in [9.17, 15) is 13.2 Å². The zero-order valence-corrected chi connectivity index (χ0v) is 9.36. The summed E-state index contributed by atoms with van der Waals surface area (Å²) in [6.45, 7) is 1.49. The van der Waals surface area contributed by atoms with Gasteiger partial charge in [-0.3, -0.25) is 4.98 Å². The van der Waals surface area contributed by atoms with Crippen molar-refractivity contribution in [1.29, 1.82) is 0 Å². The predicted molar refractivity (Wildman–Crippen MR) is 61.2 cm³/mol. The molecule has 0 aliphatic carbocycles. The first kappa shape index (κ1) is 12.9. The number of hydrogen-bond acceptors (Lipinski definition) is 3. The van der Waals surface area contributed by atoms with Gasteiger partial charge in [-0.25, -0.2) is 13.2 Å². The van der Waals surface area contributed by atoms with Gasteiger partial charge in [0.25, 0.3) is 6.43 Å². The van der Waals surface area contributed by atoms with Crippen LogP contribution in [0.5, 0.6) is 0 Å². The third-order valence-electron chi connectivity index (χ3n) is 2.58. The molecule has 18 heavy (non-hydrogen) atoms. The number of aryl methyl sites for hydroxylation is 1. The maximum atomic E-state index is 13.7. The van der Waals surface area contributed by atoms with Crippen LogP contribution in [0.25, 0.3) is 10.9 Å². The third-order valence-corrected chi connectivity index (χ3v) is 2.58. The molecule has 0 spiro atoms. The largest absolute Gasteiger partial charge is 0.488 e. The van der Waals surface area contributed by atoms with E-state index in [-0.39, 0.29) is 27.6 Å². The molecule has 0 aliphatic rings. The highest BCUT2D eigenvalue weighted by atomic mass is 19.3. The lowest BCUT2D eigenvalue weighted by molar-refractivity contribution is 0.153. The first-order valence-corrected chi connectivity index (χ1v) is 5.15. The van der Waals surface area contributed by atoms with E-state index in [2.05, 4.69) is 4.98 Å². The highest BCUT2D eigenvalue weighted by Crippen LogP contribution is 2.28. The molecule has 0 unspecified atom stereocenters. The Morgan fingerprint density at radius 3 is 2.44 bits per heavy atom. The Morgan fingerprint density at radius 1 is 1.22 bits per heavy atom. The van der Waals surface area contributed by atoms with Gasteiger partial charge in [-0.05, 0) is 24.5 Å². The van der Waals surface area contributed by atoms with Crippen LogP contribution in [0.4, 0.5) is 13.2 Å². The molecule has 2 aromatic rings. The first-order valence-electron chi connectivity index (χ1n) is 5.15. The summed E-state index contributed by atoms with van der Waals surface area (Å²) in [5.41, 5.74) is -0.491. The predicted octanol–water partition coefficient (Wildman–Crippen LogP) is 1.30. The summed E-state index contributed by atoms with van der Waals surface area (Å²) in [6, 6.07) is 3.13. The standard InChI is InChI=1S/C11H9BF3NO2/c1-5-2-8(11(14)15)7-3-6(12(17)18)4-9(13)10(7)16-5/h2-4,11,17-18H,1H3. The molecule has 0 atom stereocenters. The normalized spacial score (nSPS) is 11.3. The van der Waals surface area contributed by atoms with Crippen LogP contribution in [0.15, 0.2) is 18.2 Å². The minimum absolute atomic E-state index is 0.112. The zero-order chi connectivity index (χ0) is 13.4. The van der Waals surface area contributed by atoms with Gasteiger partial charge in [-0.1, -0.05) is 6.07 Å². The molecule has 0 saturated carbocycles. The van der Waals surface area contributed by atoms with E-state index in [0.717, 1.165) is 18.2 Å². The van der Waals surface area contributed by atoms with E-state index in [4.69, 9.17) is 10.0 Å². The number of halogens is 3. The molecule has 0 saturated heterocycles. The average Bonchev–Trinajstić information content (AvgIpc) is 2.28. The summed E-state index contributed by atoms with van der Waals surface area (Å²) in [5, 5.41) is 17.8. The van der Waals surface area contributed by atoms with Crippen molar-refractivity contribution in [2.75, 3.05) is 0 Å². The second-order valence-corrected chi connectivity index (χ2v) is 3.93. The summed E-state index contributed by atoms with van der Waals surface area (Å²) in [4.78, 5) is 3.85. The Hall–Kier alpha value is -1.60. The molecule has 0 amide bonds. The maximum absolute atomic E-state index is 13.7. The van der Waals surface area contributed by atoms with Crippen LogP contribution in [-0.2, 0) is 0 Å². The number of alkyl halides is 2. The van der Waals surface area contributed by atoms with Crippen molar-refractivity contribution >= 4 is 23.5 Å². The number of pyridine rings is 1. The number of fused-ring (bicyclic) bond motifs is 1. The number of rotatable bonds is 2. The molecule has 0 aliphatic heterocycles. The van der Waals surface area contributed by atoms with Crippen molar-refractivity contribution in [3.8, 4) is 0 Å². The van der Waals surface area contributed by atoms with Gasteiger partial charge < -0.3 is 10.0 Å². The smallest absolute Gasteiger partial charge is 0.423 e. The molecule has 7 heteroatoms. The van der Waals surface area contributed by atoms with Gasteiger partial charge in [-0.2, -0.15) is 0 Å². The summed E-state index contributed by atoms with van der Waals surface area (Å²) < 4.78 is 39.4. The van der Waals surface area contributed by atoms with Gasteiger partial charge in [0.15, 0.2) is 0 Å². The van der Waals surface area contributed by atoms with Crippen LogP contribution in [-0.4, -0.2) is 22.2 Å². The molecule has 0 bridgehead atoms. The van der Waals surface area contributed by atoms with E-state index in [0.29, 0.717) is 0 Å². The van der Waals surface area contributed by atoms with E-state index < -0.39 is 19.4 Å². The minimum Gasteiger partial charge on any atom is -0.423 e. The van der Waals surface area contributed by atoms with E-state index >= 15 is 0 Å². The number of aromatic nitrogens is 1. The average molecular weight is 255 g/mol. The maximum Gasteiger partial charge on any atom is 0.488 e. The fraction of sp³-hybridized carbons (Fsp3) is 0.182. The van der Waals surface area contributed by atoms with Gasteiger partial charge in [0, 0.05) is 16.6 Å². The van der Waals surface area contributed by atoms with Crippen molar-refractivity contribution in [1.82, 2.24) is 4.98 Å². The van der Waals surface area contributed by atoms with Crippen molar-refractivity contribution in [3.05, 3.63) is 35.3 Å². The molecule has 1 heterocycles. The zero-order valence-electron chi connectivity index (χ0n) is 9.36. The molecule has 2 N–H and O–H groups in total. The molecule has 0 radical (unpaired) electrons. The van der Waals surface area contributed by atoms with E-state index in [1.165, 1.54) is 6.92 Å². The lowest BCUT2D eigenvalue weighted by Gasteiger charge is -2.09. The van der Waals surface area contributed by atoms with Gasteiger partial charge in [0.1, 0.15) is 11.3 Å². The molecular formula is C11H9BF3NO2. The summed E-state index contributed by atoms with van der Waals surface area (Å²) in [6.07, 6.45) is -2.79. The molecule has 0 fully saturated rings. The molecular weight excluding hydrogens is 246 g/mol. The second kappa shape index (κ2) is 4.58. The van der Waals surface area contributed by atoms with Crippen LogP contribution in [0.2, 0.25) is 0 Å². The Labute approximate surface area is 101 Å². The number of benzene rings is 1. The number of hydrogen-bond donors (Lipinski definition) is 2. The van der Waals surface area contributed by atoms with Gasteiger partial charge in [0.2, 0.25) is 0 Å². The fourth-order valence-corrected chi connectivity index (χ4v) is 1.79. The monoisotopic (exact) mass is 255 g/mol. The summed E-state index contributed by atoms with van der Waals surface area (Å²) in [5.74, 6) is -0.860. The van der Waals surface area contributed by atoms with Crippen LogP contribution in [0.1, 0.15) is 17.7 Å². The Bertz CT molecular complexity index is 604. The van der Waals surface area contributed by atoms with E-state index in [1.54, 1.807) is 0 Å². The third kappa shape index (κ3) is 2.19. The number of nitrogens with zero attached hydrogens (tertiary/aromatic N) is 1. The van der Waals surface area contributed by atoms with Crippen LogP contribution >= 0.6 is 0 Å².